The number of hydrogen-bond donors (Lipinski definition) is 0. The third-order valence-corrected chi connectivity index (χ3v) is 8.78. The Hall–Kier alpha value is -1.88. The normalized spacial score (nSPS) is 32.7. The molecular weight excluding hydrogens is 336 g/mol. The number of ketones is 1. The minimum atomic E-state index is -3.42. The molecule has 132 valence electrons. The predicted molar refractivity (Wildman–Crippen MR) is 97.0 cm³/mol. The topological polar surface area (TPSA) is 60.4 Å². The number of sulfone groups is 1. The van der Waals surface area contributed by atoms with Crippen molar-refractivity contribution in [3.05, 3.63) is 46.4 Å². The average Bonchev–Trinajstić information content (AvgIpc) is 2.59. The fraction of sp³-hybridized carbons (Fsp3) is 0.450. The highest BCUT2D eigenvalue weighted by atomic mass is 32.2. The van der Waals surface area contributed by atoms with Crippen LogP contribution >= 0.6 is 0 Å². The van der Waals surface area contributed by atoms with E-state index in [1.807, 2.05) is 31.2 Å². The van der Waals surface area contributed by atoms with Crippen LogP contribution in [0.25, 0.3) is 5.57 Å². The molecule has 0 saturated heterocycles. The lowest BCUT2D eigenvalue weighted by atomic mass is 9.59. The van der Waals surface area contributed by atoms with Crippen LogP contribution in [-0.2, 0) is 21.1 Å². The zero-order valence-corrected chi connectivity index (χ0v) is 15.5. The Balaban J connectivity index is 1.87. The number of rotatable bonds is 1. The van der Waals surface area contributed by atoms with Gasteiger partial charge in [0.25, 0.3) is 0 Å². The summed E-state index contributed by atoms with van der Waals surface area (Å²) in [5.41, 5.74) is 2.59. The van der Waals surface area contributed by atoms with Crippen molar-refractivity contribution in [3.8, 4) is 5.75 Å². The van der Waals surface area contributed by atoms with Gasteiger partial charge in [-0.1, -0.05) is 19.1 Å². The molecule has 1 aromatic carbocycles. The van der Waals surface area contributed by atoms with Crippen LogP contribution in [0.5, 0.6) is 5.75 Å². The molecule has 25 heavy (non-hydrogen) atoms. The molecular formula is C20H22O4S. The summed E-state index contributed by atoms with van der Waals surface area (Å²) in [6.07, 6.45) is 5.40. The smallest absolute Gasteiger partial charge is 0.178 e. The molecule has 5 heteroatoms. The Labute approximate surface area is 148 Å². The number of carbonyl (C=O) groups excluding carboxylic acids is 1. The van der Waals surface area contributed by atoms with Crippen LogP contribution < -0.4 is 4.74 Å². The Morgan fingerprint density at radius 3 is 2.76 bits per heavy atom. The second-order valence-corrected chi connectivity index (χ2v) is 9.75. The number of benzene rings is 1. The molecule has 4 rings (SSSR count). The maximum atomic E-state index is 12.9. The molecule has 0 N–H and O–H groups in total. The SMILES string of the molecule is COc1ccc2c(c1)CCC1C2=CCC2C1(C)C(=O)C=C(C)S2(=O)=O. The van der Waals surface area contributed by atoms with E-state index in [4.69, 9.17) is 4.74 Å². The van der Waals surface area contributed by atoms with E-state index in [9.17, 15) is 13.2 Å². The van der Waals surface area contributed by atoms with Gasteiger partial charge in [0.2, 0.25) is 0 Å². The molecule has 3 atom stereocenters. The van der Waals surface area contributed by atoms with Crippen LogP contribution in [0.1, 0.15) is 37.8 Å². The van der Waals surface area contributed by atoms with E-state index in [0.717, 1.165) is 29.7 Å². The number of fused-ring (bicyclic) bond motifs is 5. The Morgan fingerprint density at radius 2 is 2.04 bits per heavy atom. The van der Waals surface area contributed by atoms with Crippen LogP contribution in [0.2, 0.25) is 0 Å². The molecule has 0 bridgehead atoms. The third kappa shape index (κ3) is 2.11. The fourth-order valence-electron chi connectivity index (χ4n) is 4.83. The highest BCUT2D eigenvalue weighted by Crippen LogP contribution is 2.55. The highest BCUT2D eigenvalue weighted by molar-refractivity contribution is 7.96. The van der Waals surface area contributed by atoms with Gasteiger partial charge in [-0.3, -0.25) is 4.79 Å². The zero-order chi connectivity index (χ0) is 18.0. The number of ether oxygens (including phenoxy) is 1. The molecule has 3 unspecified atom stereocenters. The molecule has 0 saturated carbocycles. The quantitative estimate of drug-likeness (QED) is 0.773. The zero-order valence-electron chi connectivity index (χ0n) is 14.7. The summed E-state index contributed by atoms with van der Waals surface area (Å²) in [7, 11) is -1.76. The molecule has 1 heterocycles. The highest BCUT2D eigenvalue weighted by Gasteiger charge is 2.57. The first-order chi connectivity index (χ1) is 11.8. The molecule has 0 aromatic heterocycles. The molecule has 0 fully saturated rings. The van der Waals surface area contributed by atoms with Gasteiger partial charge in [-0.15, -0.1) is 0 Å². The average molecular weight is 358 g/mol. The van der Waals surface area contributed by atoms with E-state index in [0.29, 0.717) is 6.42 Å². The van der Waals surface area contributed by atoms with Gasteiger partial charge in [0.1, 0.15) is 5.75 Å². The summed E-state index contributed by atoms with van der Waals surface area (Å²) in [4.78, 5) is 13.1. The van der Waals surface area contributed by atoms with E-state index >= 15 is 0 Å². The van der Waals surface area contributed by atoms with E-state index in [1.165, 1.54) is 18.6 Å². The summed E-state index contributed by atoms with van der Waals surface area (Å²) in [5.74, 6) is 0.726. The van der Waals surface area contributed by atoms with E-state index in [1.54, 1.807) is 7.11 Å². The molecule has 1 aliphatic heterocycles. The first-order valence-electron chi connectivity index (χ1n) is 8.64. The first-order valence-corrected chi connectivity index (χ1v) is 10.2. The molecule has 3 aliphatic rings. The van der Waals surface area contributed by atoms with Crippen molar-refractivity contribution < 1.29 is 17.9 Å². The lowest BCUT2D eigenvalue weighted by Gasteiger charge is -2.49. The van der Waals surface area contributed by atoms with Crippen molar-refractivity contribution in [2.45, 2.75) is 38.4 Å². The lowest BCUT2D eigenvalue weighted by molar-refractivity contribution is -0.125. The van der Waals surface area contributed by atoms with Crippen LogP contribution in [0.4, 0.5) is 0 Å². The molecule has 0 amide bonds. The van der Waals surface area contributed by atoms with Gasteiger partial charge in [0.15, 0.2) is 15.6 Å². The number of aryl methyl sites for hydroxylation is 1. The van der Waals surface area contributed by atoms with Crippen molar-refractivity contribution >= 4 is 21.2 Å². The van der Waals surface area contributed by atoms with E-state index in [2.05, 4.69) is 0 Å². The van der Waals surface area contributed by atoms with Crippen molar-refractivity contribution in [1.82, 2.24) is 0 Å². The minimum Gasteiger partial charge on any atom is -0.497 e. The second-order valence-electron chi connectivity index (χ2n) is 7.45. The maximum absolute atomic E-state index is 12.9. The van der Waals surface area contributed by atoms with Crippen LogP contribution in [0.15, 0.2) is 35.3 Å². The van der Waals surface area contributed by atoms with E-state index in [-0.39, 0.29) is 16.6 Å². The van der Waals surface area contributed by atoms with Gasteiger partial charge in [0, 0.05) is 4.91 Å². The summed E-state index contributed by atoms with van der Waals surface area (Å²) in [5, 5.41) is -0.647. The van der Waals surface area contributed by atoms with Gasteiger partial charge >= 0.3 is 0 Å². The van der Waals surface area contributed by atoms with Crippen LogP contribution in [0, 0.1) is 11.3 Å². The largest absolute Gasteiger partial charge is 0.497 e. The molecule has 0 spiro atoms. The van der Waals surface area contributed by atoms with Gasteiger partial charge in [-0.25, -0.2) is 8.42 Å². The predicted octanol–water partition coefficient (Wildman–Crippen LogP) is 3.32. The Morgan fingerprint density at radius 1 is 1.28 bits per heavy atom. The maximum Gasteiger partial charge on any atom is 0.178 e. The molecule has 1 aromatic rings. The minimum absolute atomic E-state index is 0.0441. The number of hydrogen-bond acceptors (Lipinski definition) is 4. The number of methoxy groups -OCH3 is 1. The number of allylic oxidation sites excluding steroid dienone is 4. The second kappa shape index (κ2) is 5.31. The van der Waals surface area contributed by atoms with Crippen molar-refractivity contribution in [2.75, 3.05) is 7.11 Å². The first kappa shape index (κ1) is 16.6. The number of carbonyl (C=O) groups is 1. The van der Waals surface area contributed by atoms with E-state index < -0.39 is 20.5 Å². The molecule has 2 aliphatic carbocycles. The third-order valence-electron chi connectivity index (χ3n) is 6.33. The summed E-state index contributed by atoms with van der Waals surface area (Å²) >= 11 is 0. The van der Waals surface area contributed by atoms with Gasteiger partial charge in [0.05, 0.1) is 17.8 Å². The van der Waals surface area contributed by atoms with Crippen LogP contribution in [0.3, 0.4) is 0 Å². The van der Waals surface area contributed by atoms with Gasteiger partial charge in [-0.2, -0.15) is 0 Å². The standard InChI is InChI=1S/C20H22O4S/c1-12-10-18(21)20(2)17-8-4-13-11-14(24-3)5-6-15(13)16(17)7-9-19(20)25(12,22)23/h5-7,10-11,17,19H,4,8-9H2,1-3H3. The lowest BCUT2D eigenvalue weighted by Crippen LogP contribution is -2.54. The Bertz CT molecular complexity index is 938. The molecule has 0 radical (unpaired) electrons. The Kier molecular flexibility index (Phi) is 3.52. The van der Waals surface area contributed by atoms with Gasteiger partial charge < -0.3 is 4.74 Å². The summed E-state index contributed by atoms with van der Waals surface area (Å²) < 4.78 is 31.0. The van der Waals surface area contributed by atoms with Crippen molar-refractivity contribution in [1.29, 1.82) is 0 Å². The fourth-order valence-corrected chi connectivity index (χ4v) is 6.83. The molecule has 4 nitrogen and oxygen atoms in total. The van der Waals surface area contributed by atoms with Crippen LogP contribution in [-0.4, -0.2) is 26.6 Å². The summed E-state index contributed by atoms with van der Waals surface area (Å²) in [6.45, 7) is 3.39. The summed E-state index contributed by atoms with van der Waals surface area (Å²) in [6, 6.07) is 6.02. The monoisotopic (exact) mass is 358 g/mol. The van der Waals surface area contributed by atoms with Crippen molar-refractivity contribution in [2.24, 2.45) is 11.3 Å². The van der Waals surface area contributed by atoms with Crippen molar-refractivity contribution in [3.63, 3.8) is 0 Å². The van der Waals surface area contributed by atoms with Gasteiger partial charge in [-0.05, 0) is 67.0 Å².